The van der Waals surface area contributed by atoms with Crippen molar-refractivity contribution in [3.05, 3.63) is 35.4 Å². The summed E-state index contributed by atoms with van der Waals surface area (Å²) in [6, 6.07) is 8.74. The van der Waals surface area contributed by atoms with E-state index in [4.69, 9.17) is 10.5 Å². The summed E-state index contributed by atoms with van der Waals surface area (Å²) in [7, 11) is 1.74. The molecular weight excluding hydrogens is 186 g/mol. The van der Waals surface area contributed by atoms with Gasteiger partial charge in [0.2, 0.25) is 0 Å². The lowest BCUT2D eigenvalue weighted by Crippen LogP contribution is -2.13. The molecule has 0 heterocycles. The molecule has 2 heteroatoms. The normalized spacial score (nSPS) is 17.7. The highest BCUT2D eigenvalue weighted by molar-refractivity contribution is 5.34. The van der Waals surface area contributed by atoms with Gasteiger partial charge in [0, 0.05) is 7.11 Å². The Bertz CT molecular complexity index is 331. The summed E-state index contributed by atoms with van der Waals surface area (Å²) in [5.41, 5.74) is 8.77. The molecule has 82 valence electrons. The molecule has 1 saturated carbocycles. The van der Waals surface area contributed by atoms with Gasteiger partial charge in [-0.2, -0.15) is 0 Å². The van der Waals surface area contributed by atoms with E-state index in [0.29, 0.717) is 12.0 Å². The fourth-order valence-corrected chi connectivity index (χ4v) is 2.27. The molecule has 0 aliphatic heterocycles. The molecule has 0 unspecified atom stereocenters. The van der Waals surface area contributed by atoms with Gasteiger partial charge in [-0.15, -0.1) is 0 Å². The SMILES string of the molecule is COCc1cccc(C2(CCN)CC2)c1. The van der Waals surface area contributed by atoms with E-state index >= 15 is 0 Å². The maximum Gasteiger partial charge on any atom is 0.0713 e. The molecule has 15 heavy (non-hydrogen) atoms. The lowest BCUT2D eigenvalue weighted by molar-refractivity contribution is 0.185. The summed E-state index contributed by atoms with van der Waals surface area (Å²) < 4.78 is 5.15. The van der Waals surface area contributed by atoms with Crippen molar-refractivity contribution < 1.29 is 4.74 Å². The maximum atomic E-state index is 5.66. The molecule has 2 nitrogen and oxygen atoms in total. The number of hydrogen-bond acceptors (Lipinski definition) is 2. The predicted molar refractivity (Wildman–Crippen MR) is 61.7 cm³/mol. The zero-order valence-corrected chi connectivity index (χ0v) is 9.33. The number of ether oxygens (including phenoxy) is 1. The fraction of sp³-hybridized carbons (Fsp3) is 0.538. The zero-order valence-electron chi connectivity index (χ0n) is 9.33. The van der Waals surface area contributed by atoms with Crippen molar-refractivity contribution >= 4 is 0 Å². The first-order valence-corrected chi connectivity index (χ1v) is 5.59. The van der Waals surface area contributed by atoms with Crippen molar-refractivity contribution in [1.82, 2.24) is 0 Å². The second-order valence-corrected chi connectivity index (χ2v) is 4.45. The number of hydrogen-bond donors (Lipinski definition) is 1. The molecule has 0 saturated heterocycles. The average molecular weight is 205 g/mol. The molecule has 0 amide bonds. The van der Waals surface area contributed by atoms with Crippen LogP contribution in [0.15, 0.2) is 24.3 Å². The van der Waals surface area contributed by atoms with Gasteiger partial charge in [-0.05, 0) is 42.3 Å². The van der Waals surface area contributed by atoms with Crippen LogP contribution >= 0.6 is 0 Å². The molecule has 0 atom stereocenters. The average Bonchev–Trinajstić information content (AvgIpc) is 3.01. The van der Waals surface area contributed by atoms with Crippen LogP contribution in [0.2, 0.25) is 0 Å². The molecule has 0 spiro atoms. The van der Waals surface area contributed by atoms with Crippen LogP contribution in [-0.4, -0.2) is 13.7 Å². The van der Waals surface area contributed by atoms with E-state index in [2.05, 4.69) is 24.3 Å². The lowest BCUT2D eigenvalue weighted by Gasteiger charge is -2.15. The Hall–Kier alpha value is -0.860. The highest BCUT2D eigenvalue weighted by atomic mass is 16.5. The first kappa shape index (κ1) is 10.7. The van der Waals surface area contributed by atoms with Gasteiger partial charge in [-0.3, -0.25) is 0 Å². The monoisotopic (exact) mass is 205 g/mol. The standard InChI is InChI=1S/C13H19NO/c1-15-10-11-3-2-4-12(9-11)13(5-6-13)7-8-14/h2-4,9H,5-8,10,14H2,1H3. The van der Waals surface area contributed by atoms with Gasteiger partial charge in [-0.25, -0.2) is 0 Å². The summed E-state index contributed by atoms with van der Waals surface area (Å²) in [5, 5.41) is 0. The number of nitrogens with two attached hydrogens (primary N) is 1. The lowest BCUT2D eigenvalue weighted by atomic mass is 9.91. The van der Waals surface area contributed by atoms with Crippen LogP contribution in [0.5, 0.6) is 0 Å². The minimum absolute atomic E-state index is 0.401. The van der Waals surface area contributed by atoms with Crippen molar-refractivity contribution in [3.63, 3.8) is 0 Å². The molecule has 0 aromatic heterocycles. The summed E-state index contributed by atoms with van der Waals surface area (Å²) in [4.78, 5) is 0. The zero-order chi connectivity index (χ0) is 10.7. The molecule has 1 aliphatic carbocycles. The Kier molecular flexibility index (Phi) is 3.08. The third-order valence-corrected chi connectivity index (χ3v) is 3.33. The Labute approximate surface area is 91.4 Å². The maximum absolute atomic E-state index is 5.66. The molecule has 2 N–H and O–H groups in total. The molecule has 1 fully saturated rings. The second kappa shape index (κ2) is 4.33. The van der Waals surface area contributed by atoms with E-state index < -0.39 is 0 Å². The summed E-state index contributed by atoms with van der Waals surface area (Å²) >= 11 is 0. The van der Waals surface area contributed by atoms with Gasteiger partial charge in [0.15, 0.2) is 0 Å². The van der Waals surface area contributed by atoms with Crippen LogP contribution in [0.25, 0.3) is 0 Å². The molecular formula is C13H19NO. The van der Waals surface area contributed by atoms with Crippen molar-refractivity contribution in [2.24, 2.45) is 5.73 Å². The number of rotatable bonds is 5. The van der Waals surface area contributed by atoms with Crippen LogP contribution in [0.4, 0.5) is 0 Å². The highest BCUT2D eigenvalue weighted by Gasteiger charge is 2.43. The predicted octanol–water partition coefficient (Wildman–Crippen LogP) is 2.21. The van der Waals surface area contributed by atoms with Crippen LogP contribution in [0.3, 0.4) is 0 Å². The Balaban J connectivity index is 2.17. The first-order chi connectivity index (χ1) is 7.30. The molecule has 1 aromatic carbocycles. The van der Waals surface area contributed by atoms with Gasteiger partial charge in [0.1, 0.15) is 0 Å². The molecule has 1 aliphatic rings. The molecule has 0 radical (unpaired) electrons. The Morgan fingerprint density at radius 2 is 2.20 bits per heavy atom. The summed E-state index contributed by atoms with van der Waals surface area (Å²) in [6.45, 7) is 1.49. The van der Waals surface area contributed by atoms with Gasteiger partial charge in [0.05, 0.1) is 6.61 Å². The quantitative estimate of drug-likeness (QED) is 0.800. The fourth-order valence-electron chi connectivity index (χ4n) is 2.27. The van der Waals surface area contributed by atoms with Crippen LogP contribution < -0.4 is 5.73 Å². The van der Waals surface area contributed by atoms with Crippen molar-refractivity contribution in [3.8, 4) is 0 Å². The van der Waals surface area contributed by atoms with E-state index in [0.717, 1.165) is 13.0 Å². The van der Waals surface area contributed by atoms with Gasteiger partial charge < -0.3 is 10.5 Å². The van der Waals surface area contributed by atoms with E-state index in [-0.39, 0.29) is 0 Å². The van der Waals surface area contributed by atoms with Gasteiger partial charge >= 0.3 is 0 Å². The minimum Gasteiger partial charge on any atom is -0.380 e. The largest absolute Gasteiger partial charge is 0.380 e. The Morgan fingerprint density at radius 3 is 2.80 bits per heavy atom. The third-order valence-electron chi connectivity index (χ3n) is 3.33. The number of benzene rings is 1. The number of methoxy groups -OCH3 is 1. The van der Waals surface area contributed by atoms with Gasteiger partial charge in [-0.1, -0.05) is 24.3 Å². The van der Waals surface area contributed by atoms with E-state index in [9.17, 15) is 0 Å². The van der Waals surface area contributed by atoms with Crippen LogP contribution in [0.1, 0.15) is 30.4 Å². The smallest absolute Gasteiger partial charge is 0.0713 e. The van der Waals surface area contributed by atoms with Crippen molar-refractivity contribution in [1.29, 1.82) is 0 Å². The summed E-state index contributed by atoms with van der Waals surface area (Å²) in [5.74, 6) is 0. The topological polar surface area (TPSA) is 35.2 Å². The summed E-state index contributed by atoms with van der Waals surface area (Å²) in [6.07, 6.45) is 3.70. The minimum atomic E-state index is 0.401. The van der Waals surface area contributed by atoms with Crippen LogP contribution in [-0.2, 0) is 16.8 Å². The molecule has 0 bridgehead atoms. The second-order valence-electron chi connectivity index (χ2n) is 4.45. The van der Waals surface area contributed by atoms with Crippen LogP contribution in [0, 0.1) is 0 Å². The molecule has 2 rings (SSSR count). The van der Waals surface area contributed by atoms with E-state index in [1.165, 1.54) is 24.0 Å². The van der Waals surface area contributed by atoms with E-state index in [1.807, 2.05) is 0 Å². The highest BCUT2D eigenvalue weighted by Crippen LogP contribution is 2.50. The Morgan fingerprint density at radius 1 is 1.40 bits per heavy atom. The third kappa shape index (κ3) is 2.21. The van der Waals surface area contributed by atoms with E-state index in [1.54, 1.807) is 7.11 Å². The first-order valence-electron chi connectivity index (χ1n) is 5.59. The van der Waals surface area contributed by atoms with Gasteiger partial charge in [0.25, 0.3) is 0 Å². The van der Waals surface area contributed by atoms with Crippen molar-refractivity contribution in [2.75, 3.05) is 13.7 Å². The van der Waals surface area contributed by atoms with Crippen molar-refractivity contribution in [2.45, 2.75) is 31.3 Å². The molecule has 1 aromatic rings.